The van der Waals surface area contributed by atoms with E-state index in [1.807, 2.05) is 57.2 Å². The second-order valence-electron chi connectivity index (χ2n) is 11.0. The number of ketones is 1. The quantitative estimate of drug-likeness (QED) is 0.159. The van der Waals surface area contributed by atoms with E-state index in [2.05, 4.69) is 13.8 Å². The van der Waals surface area contributed by atoms with Gasteiger partial charge in [0, 0.05) is 40.6 Å². The minimum Gasteiger partial charge on any atom is -0.507 e. The summed E-state index contributed by atoms with van der Waals surface area (Å²) in [4.78, 5) is 25.1. The first-order chi connectivity index (χ1) is 19.1. The lowest BCUT2D eigenvalue weighted by atomic mass is 9.89. The zero-order valence-electron chi connectivity index (χ0n) is 23.6. The van der Waals surface area contributed by atoms with Gasteiger partial charge < -0.3 is 14.3 Å². The summed E-state index contributed by atoms with van der Waals surface area (Å²) >= 11 is 0. The monoisotopic (exact) mass is 534 g/mol. The van der Waals surface area contributed by atoms with Crippen LogP contribution < -0.4 is 10.2 Å². The Morgan fingerprint density at radius 2 is 1.57 bits per heavy atom. The van der Waals surface area contributed by atoms with E-state index in [0.717, 1.165) is 57.2 Å². The molecule has 204 valence electrons. The fourth-order valence-electron chi connectivity index (χ4n) is 5.25. The van der Waals surface area contributed by atoms with Gasteiger partial charge in [-0.25, -0.2) is 0 Å². The molecule has 1 heterocycles. The number of ether oxygens (including phenoxy) is 1. The summed E-state index contributed by atoms with van der Waals surface area (Å²) < 4.78 is 12.4. The number of fused-ring (bicyclic) bond motifs is 2. The molecular formula is C35H34O5. The average molecular weight is 535 g/mol. The van der Waals surface area contributed by atoms with E-state index < -0.39 is 0 Å². The molecular weight excluding hydrogens is 500 g/mol. The van der Waals surface area contributed by atoms with Gasteiger partial charge in [-0.2, -0.15) is 0 Å². The number of carbonyl (C=O) groups excluding carboxylic acids is 1. The standard InChI is InChI=1S/C35H34O5/c1-20(2)7-6-8-31(37)24-9-12-28(21(3)15-24)34-29-13-10-25(36)18-32(29)40-33-19-26(11-14-30(33)34)39-27-16-22(4)35(38)23(5)17-27/h9-20,38H,6-8H2,1-5H3. The van der Waals surface area contributed by atoms with Crippen molar-refractivity contribution in [2.45, 2.75) is 53.9 Å². The molecule has 0 saturated heterocycles. The van der Waals surface area contributed by atoms with Crippen LogP contribution in [0.1, 0.15) is 60.2 Å². The molecule has 0 unspecified atom stereocenters. The van der Waals surface area contributed by atoms with Crippen LogP contribution in [0.15, 0.2) is 75.9 Å². The summed E-state index contributed by atoms with van der Waals surface area (Å²) in [6.07, 6.45) is 2.47. The number of carbonyl (C=O) groups is 1. The Hall–Kier alpha value is -4.38. The maximum Gasteiger partial charge on any atom is 0.182 e. The van der Waals surface area contributed by atoms with E-state index in [-0.39, 0.29) is 17.0 Å². The average Bonchev–Trinajstić information content (AvgIpc) is 2.90. The third-order valence-electron chi connectivity index (χ3n) is 7.37. The van der Waals surface area contributed by atoms with Crippen LogP contribution >= 0.6 is 0 Å². The van der Waals surface area contributed by atoms with E-state index in [4.69, 9.17) is 9.15 Å². The van der Waals surface area contributed by atoms with Gasteiger partial charge in [0.1, 0.15) is 28.6 Å². The molecule has 3 aromatic rings. The summed E-state index contributed by atoms with van der Waals surface area (Å²) in [6.45, 7) is 10.0. The largest absolute Gasteiger partial charge is 0.507 e. The Balaban J connectivity index is 1.58. The number of rotatable bonds is 8. The topological polar surface area (TPSA) is 76.7 Å². The first-order valence-electron chi connectivity index (χ1n) is 13.7. The highest BCUT2D eigenvalue weighted by atomic mass is 16.5. The molecule has 0 fully saturated rings. The Kier molecular flexibility index (Phi) is 7.49. The van der Waals surface area contributed by atoms with Crippen LogP contribution in [-0.4, -0.2) is 10.9 Å². The predicted octanol–water partition coefficient (Wildman–Crippen LogP) is 9.00. The lowest BCUT2D eigenvalue weighted by Crippen LogP contribution is -2.02. The van der Waals surface area contributed by atoms with Crippen LogP contribution in [-0.2, 0) is 0 Å². The summed E-state index contributed by atoms with van der Waals surface area (Å²) in [6, 6.07) is 19.9. The maximum absolute atomic E-state index is 12.9. The molecule has 1 aliphatic carbocycles. The number of Topliss-reactive ketones (excluding diaryl/α,β-unsaturated/α-hetero) is 1. The molecule has 5 rings (SSSR count). The second kappa shape index (κ2) is 11.0. The van der Waals surface area contributed by atoms with Crippen molar-refractivity contribution in [1.82, 2.24) is 0 Å². The van der Waals surface area contributed by atoms with Gasteiger partial charge in [-0.05, 0) is 97.8 Å². The fourth-order valence-corrected chi connectivity index (χ4v) is 5.25. The number of hydrogen-bond donors (Lipinski definition) is 1. The summed E-state index contributed by atoms with van der Waals surface area (Å²) in [7, 11) is 0. The summed E-state index contributed by atoms with van der Waals surface area (Å²) in [5.74, 6) is 2.66. The van der Waals surface area contributed by atoms with Gasteiger partial charge in [-0.1, -0.05) is 32.4 Å². The zero-order valence-corrected chi connectivity index (χ0v) is 23.6. The first kappa shape index (κ1) is 27.2. The predicted molar refractivity (Wildman–Crippen MR) is 160 cm³/mol. The lowest BCUT2D eigenvalue weighted by Gasteiger charge is -2.18. The van der Waals surface area contributed by atoms with E-state index in [9.17, 15) is 14.7 Å². The SMILES string of the molecule is Cc1cc(C(=O)CCCC(C)C)ccc1-c1c2ccc(=O)cc-2oc2cc(Oc3cc(C)c(O)c(C)c3)ccc12. The van der Waals surface area contributed by atoms with Gasteiger partial charge in [-0.15, -0.1) is 0 Å². The third-order valence-corrected chi connectivity index (χ3v) is 7.37. The van der Waals surface area contributed by atoms with Crippen LogP contribution in [0.5, 0.6) is 17.2 Å². The maximum atomic E-state index is 12.9. The minimum atomic E-state index is -0.136. The molecule has 3 aromatic carbocycles. The molecule has 0 atom stereocenters. The van der Waals surface area contributed by atoms with Crippen LogP contribution in [0.2, 0.25) is 0 Å². The fraction of sp³-hybridized carbons (Fsp3) is 0.257. The molecule has 0 bridgehead atoms. The lowest BCUT2D eigenvalue weighted by molar-refractivity contribution is 0.0978. The van der Waals surface area contributed by atoms with Crippen LogP contribution in [0, 0.1) is 26.7 Å². The van der Waals surface area contributed by atoms with E-state index in [0.29, 0.717) is 35.2 Å². The molecule has 2 aliphatic rings. The number of aromatic hydroxyl groups is 1. The highest BCUT2D eigenvalue weighted by molar-refractivity contribution is 6.04. The zero-order chi connectivity index (χ0) is 28.6. The number of phenolic OH excluding ortho intramolecular Hbond substituents is 1. The molecule has 0 aromatic heterocycles. The van der Waals surface area contributed by atoms with E-state index in [1.165, 1.54) is 6.07 Å². The van der Waals surface area contributed by atoms with E-state index >= 15 is 0 Å². The molecule has 1 N–H and O–H groups in total. The molecule has 0 spiro atoms. The van der Waals surface area contributed by atoms with Crippen LogP contribution in [0.4, 0.5) is 0 Å². The molecule has 5 heteroatoms. The van der Waals surface area contributed by atoms with E-state index in [1.54, 1.807) is 24.3 Å². The molecule has 5 nitrogen and oxygen atoms in total. The van der Waals surface area contributed by atoms with Gasteiger partial charge in [0.15, 0.2) is 11.2 Å². The van der Waals surface area contributed by atoms with Crippen LogP contribution in [0.25, 0.3) is 33.4 Å². The van der Waals surface area contributed by atoms with Crippen molar-refractivity contribution in [1.29, 1.82) is 0 Å². The number of phenols is 1. The molecule has 1 aliphatic heterocycles. The molecule has 0 radical (unpaired) electrons. The van der Waals surface area contributed by atoms with Crippen molar-refractivity contribution in [3.8, 4) is 39.7 Å². The summed E-state index contributed by atoms with van der Waals surface area (Å²) in [5.41, 5.74) is 6.33. The van der Waals surface area contributed by atoms with Crippen molar-refractivity contribution < 1.29 is 19.1 Å². The third kappa shape index (κ3) is 5.50. The first-order valence-corrected chi connectivity index (χ1v) is 13.7. The van der Waals surface area contributed by atoms with Crippen molar-refractivity contribution >= 4 is 16.8 Å². The Morgan fingerprint density at radius 3 is 2.27 bits per heavy atom. The van der Waals surface area contributed by atoms with Gasteiger partial charge in [-0.3, -0.25) is 9.59 Å². The van der Waals surface area contributed by atoms with Crippen molar-refractivity contribution in [2.24, 2.45) is 5.92 Å². The smallest absolute Gasteiger partial charge is 0.182 e. The molecule has 0 amide bonds. The Labute approximate surface area is 234 Å². The van der Waals surface area contributed by atoms with Gasteiger partial charge in [0.25, 0.3) is 0 Å². The number of aryl methyl sites for hydroxylation is 3. The Morgan fingerprint density at radius 1 is 0.850 bits per heavy atom. The normalized spacial score (nSPS) is 11.4. The van der Waals surface area contributed by atoms with Crippen molar-refractivity contribution in [3.63, 3.8) is 0 Å². The highest BCUT2D eigenvalue weighted by Crippen LogP contribution is 2.42. The summed E-state index contributed by atoms with van der Waals surface area (Å²) in [5, 5.41) is 11.0. The van der Waals surface area contributed by atoms with Gasteiger partial charge >= 0.3 is 0 Å². The molecule has 40 heavy (non-hydrogen) atoms. The van der Waals surface area contributed by atoms with Crippen LogP contribution in [0.3, 0.4) is 0 Å². The highest BCUT2D eigenvalue weighted by Gasteiger charge is 2.20. The number of hydrogen-bond acceptors (Lipinski definition) is 5. The van der Waals surface area contributed by atoms with Gasteiger partial charge in [0.2, 0.25) is 0 Å². The van der Waals surface area contributed by atoms with Gasteiger partial charge in [0.05, 0.1) is 0 Å². The Bertz CT molecular complexity index is 1740. The minimum absolute atomic E-state index is 0.136. The van der Waals surface area contributed by atoms with Crippen molar-refractivity contribution in [2.75, 3.05) is 0 Å². The van der Waals surface area contributed by atoms with Crippen molar-refractivity contribution in [3.05, 3.63) is 99.2 Å². The molecule has 0 saturated carbocycles. The second-order valence-corrected chi connectivity index (χ2v) is 11.0. The number of benzene rings is 4.